The summed E-state index contributed by atoms with van der Waals surface area (Å²) in [7, 11) is 4.07. The van der Waals surface area contributed by atoms with Gasteiger partial charge in [-0.15, -0.1) is 22.7 Å². The molecule has 0 bridgehead atoms. The molecular formula is C21H23N5S2. The summed E-state index contributed by atoms with van der Waals surface area (Å²) in [5.74, 6) is 1.75. The van der Waals surface area contributed by atoms with Crippen molar-refractivity contribution < 1.29 is 0 Å². The molecule has 1 N–H and O–H groups in total. The summed E-state index contributed by atoms with van der Waals surface area (Å²) < 4.78 is 0. The molecule has 3 heterocycles. The van der Waals surface area contributed by atoms with Gasteiger partial charge >= 0.3 is 0 Å². The number of thiophene rings is 1. The lowest BCUT2D eigenvalue weighted by Crippen LogP contribution is -2.15. The van der Waals surface area contributed by atoms with Crippen LogP contribution in [0.1, 0.15) is 16.5 Å². The van der Waals surface area contributed by atoms with Gasteiger partial charge in [0.2, 0.25) is 0 Å². The van der Waals surface area contributed by atoms with E-state index in [2.05, 4.69) is 50.2 Å². The first-order valence-electron chi connectivity index (χ1n) is 9.23. The second-order valence-electron chi connectivity index (χ2n) is 6.96. The average molecular weight is 410 g/mol. The minimum absolute atomic E-state index is 0.717. The van der Waals surface area contributed by atoms with E-state index in [1.807, 2.05) is 27.1 Å². The molecular weight excluding hydrogens is 386 g/mol. The lowest BCUT2D eigenvalue weighted by molar-refractivity contribution is 0.391. The van der Waals surface area contributed by atoms with Crippen molar-refractivity contribution in [2.45, 2.75) is 19.9 Å². The van der Waals surface area contributed by atoms with Crippen LogP contribution in [0.2, 0.25) is 0 Å². The SMILES string of the molecule is Cc1nc(CCNc2nc(CN(C)C)nc3scc(-c4ccccc4)c23)cs1. The summed E-state index contributed by atoms with van der Waals surface area (Å²) in [6, 6.07) is 10.4. The van der Waals surface area contributed by atoms with Gasteiger partial charge in [0, 0.05) is 29.3 Å². The van der Waals surface area contributed by atoms with Crippen molar-refractivity contribution in [2.75, 3.05) is 26.0 Å². The quantitative estimate of drug-likeness (QED) is 0.473. The molecule has 5 nitrogen and oxygen atoms in total. The van der Waals surface area contributed by atoms with E-state index in [1.165, 1.54) is 11.1 Å². The maximum atomic E-state index is 4.86. The molecule has 4 aromatic rings. The number of nitrogens with one attached hydrogen (secondary N) is 1. The molecule has 0 radical (unpaired) electrons. The molecule has 0 fully saturated rings. The highest BCUT2D eigenvalue weighted by molar-refractivity contribution is 7.17. The van der Waals surface area contributed by atoms with E-state index in [0.29, 0.717) is 6.54 Å². The molecule has 7 heteroatoms. The topological polar surface area (TPSA) is 53.9 Å². The number of nitrogens with zero attached hydrogens (tertiary/aromatic N) is 4. The molecule has 28 heavy (non-hydrogen) atoms. The summed E-state index contributed by atoms with van der Waals surface area (Å²) in [6.45, 7) is 3.55. The normalized spacial score (nSPS) is 11.4. The number of hydrogen-bond donors (Lipinski definition) is 1. The van der Waals surface area contributed by atoms with Gasteiger partial charge in [-0.05, 0) is 26.6 Å². The second kappa shape index (κ2) is 8.34. The summed E-state index contributed by atoms with van der Waals surface area (Å²) in [5.41, 5.74) is 3.50. The van der Waals surface area contributed by atoms with Crippen LogP contribution in [0.15, 0.2) is 41.1 Å². The van der Waals surface area contributed by atoms with Crippen molar-refractivity contribution in [1.29, 1.82) is 0 Å². The molecule has 0 atom stereocenters. The Morgan fingerprint density at radius 2 is 1.82 bits per heavy atom. The van der Waals surface area contributed by atoms with E-state index in [0.717, 1.165) is 45.5 Å². The summed E-state index contributed by atoms with van der Waals surface area (Å²) in [6.07, 6.45) is 0.879. The van der Waals surface area contributed by atoms with Crippen LogP contribution in [0, 0.1) is 6.92 Å². The number of thiazole rings is 1. The third-order valence-electron chi connectivity index (χ3n) is 4.36. The lowest BCUT2D eigenvalue weighted by atomic mass is 10.1. The Kier molecular flexibility index (Phi) is 5.66. The minimum Gasteiger partial charge on any atom is -0.369 e. The van der Waals surface area contributed by atoms with Crippen molar-refractivity contribution >= 4 is 38.7 Å². The molecule has 0 aliphatic rings. The zero-order valence-electron chi connectivity index (χ0n) is 16.3. The lowest BCUT2D eigenvalue weighted by Gasteiger charge is -2.12. The first kappa shape index (κ1) is 19.0. The van der Waals surface area contributed by atoms with Gasteiger partial charge in [0.25, 0.3) is 0 Å². The largest absolute Gasteiger partial charge is 0.369 e. The van der Waals surface area contributed by atoms with E-state index < -0.39 is 0 Å². The Morgan fingerprint density at radius 3 is 2.54 bits per heavy atom. The molecule has 0 spiro atoms. The molecule has 1 aromatic carbocycles. The number of benzene rings is 1. The highest BCUT2D eigenvalue weighted by Gasteiger charge is 2.15. The Labute approximate surface area is 173 Å². The number of fused-ring (bicyclic) bond motifs is 1. The number of rotatable bonds is 7. The van der Waals surface area contributed by atoms with Crippen LogP contribution in [0.3, 0.4) is 0 Å². The standard InChI is InChI=1S/C21H23N5S2/c1-14-23-16(12-27-14)9-10-22-20-19-17(15-7-5-4-6-8-15)13-28-21(19)25-18(24-20)11-26(2)3/h4-8,12-13H,9-11H2,1-3H3,(H,22,24,25). The van der Waals surface area contributed by atoms with Gasteiger partial charge in [-0.1, -0.05) is 30.3 Å². The van der Waals surface area contributed by atoms with Gasteiger partial charge in [0.15, 0.2) is 0 Å². The Balaban J connectivity index is 1.68. The summed E-state index contributed by atoms with van der Waals surface area (Å²) >= 11 is 3.37. The van der Waals surface area contributed by atoms with E-state index in [4.69, 9.17) is 9.97 Å². The van der Waals surface area contributed by atoms with E-state index in [-0.39, 0.29) is 0 Å². The summed E-state index contributed by atoms with van der Waals surface area (Å²) in [5, 5.41) is 10.1. The second-order valence-corrected chi connectivity index (χ2v) is 8.88. The van der Waals surface area contributed by atoms with Crippen molar-refractivity contribution in [3.63, 3.8) is 0 Å². The van der Waals surface area contributed by atoms with Crippen LogP contribution in [-0.4, -0.2) is 40.5 Å². The van der Waals surface area contributed by atoms with E-state index >= 15 is 0 Å². The van der Waals surface area contributed by atoms with Crippen LogP contribution >= 0.6 is 22.7 Å². The Hall–Kier alpha value is -2.35. The first-order chi connectivity index (χ1) is 13.6. The molecule has 0 amide bonds. The fraction of sp³-hybridized carbons (Fsp3) is 0.286. The molecule has 0 unspecified atom stereocenters. The van der Waals surface area contributed by atoms with Crippen LogP contribution in [0.25, 0.3) is 21.3 Å². The third-order valence-corrected chi connectivity index (χ3v) is 6.06. The van der Waals surface area contributed by atoms with Crippen molar-refractivity contribution in [3.05, 3.63) is 57.6 Å². The molecule has 0 aliphatic carbocycles. The zero-order chi connectivity index (χ0) is 19.5. The molecule has 0 saturated heterocycles. The fourth-order valence-corrected chi connectivity index (χ4v) is 4.74. The van der Waals surface area contributed by atoms with Crippen LogP contribution in [0.4, 0.5) is 5.82 Å². The van der Waals surface area contributed by atoms with Gasteiger partial charge < -0.3 is 10.2 Å². The van der Waals surface area contributed by atoms with Crippen LogP contribution in [-0.2, 0) is 13.0 Å². The monoisotopic (exact) mass is 409 g/mol. The van der Waals surface area contributed by atoms with Gasteiger partial charge in [-0.2, -0.15) is 0 Å². The van der Waals surface area contributed by atoms with Crippen molar-refractivity contribution in [3.8, 4) is 11.1 Å². The maximum Gasteiger partial charge on any atom is 0.146 e. The Bertz CT molecular complexity index is 1070. The smallest absolute Gasteiger partial charge is 0.146 e. The number of anilines is 1. The first-order valence-corrected chi connectivity index (χ1v) is 11.0. The molecule has 0 saturated carbocycles. The van der Waals surface area contributed by atoms with Crippen molar-refractivity contribution in [2.24, 2.45) is 0 Å². The molecule has 3 aromatic heterocycles. The zero-order valence-corrected chi connectivity index (χ0v) is 17.9. The van der Waals surface area contributed by atoms with Gasteiger partial charge in [-0.3, -0.25) is 0 Å². The maximum absolute atomic E-state index is 4.86. The van der Waals surface area contributed by atoms with Crippen LogP contribution in [0.5, 0.6) is 0 Å². The van der Waals surface area contributed by atoms with Crippen molar-refractivity contribution in [1.82, 2.24) is 19.9 Å². The molecule has 4 rings (SSSR count). The third kappa shape index (κ3) is 4.22. The Morgan fingerprint density at radius 1 is 1.00 bits per heavy atom. The van der Waals surface area contributed by atoms with E-state index in [9.17, 15) is 0 Å². The van der Waals surface area contributed by atoms with E-state index in [1.54, 1.807) is 22.7 Å². The number of aromatic nitrogens is 3. The number of aryl methyl sites for hydroxylation is 1. The minimum atomic E-state index is 0.717. The highest BCUT2D eigenvalue weighted by Crippen LogP contribution is 2.37. The summed E-state index contributed by atoms with van der Waals surface area (Å²) in [4.78, 5) is 17.3. The predicted molar refractivity (Wildman–Crippen MR) is 119 cm³/mol. The predicted octanol–water partition coefficient (Wildman–Crippen LogP) is 4.84. The molecule has 144 valence electrons. The highest BCUT2D eigenvalue weighted by atomic mass is 32.1. The van der Waals surface area contributed by atoms with Gasteiger partial charge in [-0.25, -0.2) is 15.0 Å². The number of hydrogen-bond acceptors (Lipinski definition) is 7. The fourth-order valence-electron chi connectivity index (χ4n) is 3.13. The van der Waals surface area contributed by atoms with Gasteiger partial charge in [0.1, 0.15) is 16.5 Å². The molecule has 0 aliphatic heterocycles. The average Bonchev–Trinajstić information content (AvgIpc) is 3.28. The van der Waals surface area contributed by atoms with Gasteiger partial charge in [0.05, 0.1) is 22.6 Å². The van der Waals surface area contributed by atoms with Crippen LogP contribution < -0.4 is 5.32 Å².